The van der Waals surface area contributed by atoms with Crippen LogP contribution in [0.4, 0.5) is 5.82 Å². The molecular weight excluding hydrogens is 332 g/mol. The Kier molecular flexibility index (Phi) is 4.85. The summed E-state index contributed by atoms with van der Waals surface area (Å²) in [7, 11) is 0. The molecule has 0 amide bonds. The van der Waals surface area contributed by atoms with Crippen LogP contribution in [0.3, 0.4) is 0 Å². The van der Waals surface area contributed by atoms with Gasteiger partial charge in [0.1, 0.15) is 23.3 Å². The minimum Gasteiger partial charge on any atom is -0.384 e. The zero-order valence-corrected chi connectivity index (χ0v) is 14.0. The van der Waals surface area contributed by atoms with Gasteiger partial charge in [0.2, 0.25) is 0 Å². The molecule has 2 N–H and O–H groups in total. The largest absolute Gasteiger partial charge is 0.384 e. The molecule has 118 valence electrons. The first-order valence-corrected chi connectivity index (χ1v) is 8.29. The molecule has 1 atom stereocenters. The molecule has 0 fully saturated rings. The highest BCUT2D eigenvalue weighted by atomic mass is 35.5. The van der Waals surface area contributed by atoms with Gasteiger partial charge in [0.15, 0.2) is 0 Å². The fourth-order valence-electron chi connectivity index (χ4n) is 2.05. The van der Waals surface area contributed by atoms with Crippen molar-refractivity contribution >= 4 is 28.8 Å². The molecule has 0 aliphatic carbocycles. The Morgan fingerprint density at radius 2 is 2.13 bits per heavy atom. The van der Waals surface area contributed by atoms with Crippen molar-refractivity contribution in [2.75, 3.05) is 11.9 Å². The maximum atomic E-state index is 10.0. The summed E-state index contributed by atoms with van der Waals surface area (Å²) in [6.45, 7) is 2.29. The van der Waals surface area contributed by atoms with E-state index in [2.05, 4.69) is 20.3 Å². The van der Waals surface area contributed by atoms with Gasteiger partial charge in [-0.15, -0.1) is 11.3 Å². The molecule has 1 unspecified atom stereocenters. The number of aryl methyl sites for hydroxylation is 1. The average molecular weight is 347 g/mol. The molecule has 0 radical (unpaired) electrons. The van der Waals surface area contributed by atoms with Crippen molar-refractivity contribution in [1.82, 2.24) is 15.0 Å². The van der Waals surface area contributed by atoms with Crippen LogP contribution in [0.2, 0.25) is 5.02 Å². The number of aliphatic hydroxyl groups is 1. The number of halogens is 1. The van der Waals surface area contributed by atoms with E-state index in [1.807, 2.05) is 36.6 Å². The molecule has 5 nitrogen and oxygen atoms in total. The third kappa shape index (κ3) is 3.85. The van der Waals surface area contributed by atoms with Crippen molar-refractivity contribution in [1.29, 1.82) is 0 Å². The predicted octanol–water partition coefficient (Wildman–Crippen LogP) is 3.71. The van der Waals surface area contributed by atoms with Gasteiger partial charge in [-0.05, 0) is 18.6 Å². The van der Waals surface area contributed by atoms with Crippen LogP contribution >= 0.6 is 22.9 Å². The fraction of sp³-hybridized carbons (Fsp3) is 0.188. The van der Waals surface area contributed by atoms with Crippen molar-refractivity contribution in [3.05, 3.63) is 57.8 Å². The second kappa shape index (κ2) is 7.04. The highest BCUT2D eigenvalue weighted by Crippen LogP contribution is 2.25. The van der Waals surface area contributed by atoms with E-state index in [4.69, 9.17) is 11.6 Å². The summed E-state index contributed by atoms with van der Waals surface area (Å²) >= 11 is 7.59. The van der Waals surface area contributed by atoms with Gasteiger partial charge >= 0.3 is 0 Å². The van der Waals surface area contributed by atoms with E-state index in [0.29, 0.717) is 22.4 Å². The standard InChI is InChI=1S/C16H15ClN4OS/c1-10-2-3-11(6-12(10)17)13-7-15(21-9-20-13)19-8-14(22)16-18-4-5-23-16/h2-7,9,14,22H,8H2,1H3,(H,19,20,21). The van der Waals surface area contributed by atoms with E-state index in [-0.39, 0.29) is 0 Å². The Morgan fingerprint density at radius 1 is 1.26 bits per heavy atom. The van der Waals surface area contributed by atoms with Crippen LogP contribution in [0, 0.1) is 6.92 Å². The maximum Gasteiger partial charge on any atom is 0.130 e. The molecule has 23 heavy (non-hydrogen) atoms. The van der Waals surface area contributed by atoms with Gasteiger partial charge in [0.05, 0.1) is 5.69 Å². The molecular formula is C16H15ClN4OS. The highest BCUT2D eigenvalue weighted by molar-refractivity contribution is 7.09. The van der Waals surface area contributed by atoms with Gasteiger partial charge in [-0.1, -0.05) is 23.7 Å². The van der Waals surface area contributed by atoms with E-state index in [1.165, 1.54) is 17.7 Å². The fourth-order valence-corrected chi connectivity index (χ4v) is 2.86. The first kappa shape index (κ1) is 15.9. The zero-order valence-electron chi connectivity index (χ0n) is 12.4. The Balaban J connectivity index is 1.73. The number of anilines is 1. The van der Waals surface area contributed by atoms with E-state index in [1.54, 1.807) is 6.20 Å². The summed E-state index contributed by atoms with van der Waals surface area (Å²) in [6.07, 6.45) is 2.50. The summed E-state index contributed by atoms with van der Waals surface area (Å²) in [5.74, 6) is 0.641. The molecule has 0 spiro atoms. The SMILES string of the molecule is Cc1ccc(-c2cc(NCC(O)c3nccs3)ncn2)cc1Cl. The molecule has 0 saturated heterocycles. The van der Waals surface area contributed by atoms with Gasteiger partial charge in [-0.2, -0.15) is 0 Å². The number of hydrogen-bond donors (Lipinski definition) is 2. The quantitative estimate of drug-likeness (QED) is 0.737. The molecule has 0 saturated carbocycles. The molecule has 1 aromatic carbocycles. The van der Waals surface area contributed by atoms with E-state index in [9.17, 15) is 5.11 Å². The van der Waals surface area contributed by atoms with Crippen molar-refractivity contribution in [2.45, 2.75) is 13.0 Å². The molecule has 2 heterocycles. The molecule has 3 rings (SSSR count). The number of nitrogens with one attached hydrogen (secondary N) is 1. The number of aliphatic hydroxyl groups excluding tert-OH is 1. The summed E-state index contributed by atoms with van der Waals surface area (Å²) in [6, 6.07) is 7.64. The van der Waals surface area contributed by atoms with Crippen molar-refractivity contribution in [3.8, 4) is 11.3 Å². The number of nitrogens with zero attached hydrogens (tertiary/aromatic N) is 3. The number of benzene rings is 1. The zero-order chi connectivity index (χ0) is 16.2. The van der Waals surface area contributed by atoms with Crippen LogP contribution < -0.4 is 5.32 Å². The van der Waals surface area contributed by atoms with Crippen LogP contribution in [0.25, 0.3) is 11.3 Å². The molecule has 7 heteroatoms. The van der Waals surface area contributed by atoms with E-state index in [0.717, 1.165) is 16.8 Å². The first-order valence-electron chi connectivity index (χ1n) is 7.03. The van der Waals surface area contributed by atoms with Crippen LogP contribution in [0.1, 0.15) is 16.7 Å². The minimum atomic E-state index is -0.665. The molecule has 0 aliphatic heterocycles. The van der Waals surface area contributed by atoms with Crippen LogP contribution in [0.5, 0.6) is 0 Å². The van der Waals surface area contributed by atoms with E-state index >= 15 is 0 Å². The van der Waals surface area contributed by atoms with Crippen LogP contribution in [-0.4, -0.2) is 26.6 Å². The molecule has 2 aromatic heterocycles. The number of rotatable bonds is 5. The molecule has 0 aliphatic rings. The van der Waals surface area contributed by atoms with Gasteiger partial charge in [0.25, 0.3) is 0 Å². The van der Waals surface area contributed by atoms with Gasteiger partial charge in [0, 0.05) is 34.8 Å². The summed E-state index contributed by atoms with van der Waals surface area (Å²) in [5, 5.41) is 16.4. The lowest BCUT2D eigenvalue weighted by Gasteiger charge is -2.10. The second-order valence-electron chi connectivity index (χ2n) is 5.02. The predicted molar refractivity (Wildman–Crippen MR) is 92.8 cm³/mol. The number of thiazole rings is 1. The normalized spacial score (nSPS) is 12.1. The van der Waals surface area contributed by atoms with Crippen molar-refractivity contribution in [2.24, 2.45) is 0 Å². The summed E-state index contributed by atoms with van der Waals surface area (Å²) in [4.78, 5) is 12.5. The van der Waals surface area contributed by atoms with E-state index < -0.39 is 6.10 Å². The Morgan fingerprint density at radius 3 is 2.87 bits per heavy atom. The smallest absolute Gasteiger partial charge is 0.130 e. The molecule has 0 bridgehead atoms. The maximum absolute atomic E-state index is 10.0. The summed E-state index contributed by atoms with van der Waals surface area (Å²) < 4.78 is 0. The summed E-state index contributed by atoms with van der Waals surface area (Å²) in [5.41, 5.74) is 2.72. The van der Waals surface area contributed by atoms with Gasteiger partial charge in [-0.25, -0.2) is 15.0 Å². The molecule has 3 aromatic rings. The first-order chi connectivity index (χ1) is 11.1. The second-order valence-corrected chi connectivity index (χ2v) is 6.35. The lowest BCUT2D eigenvalue weighted by atomic mass is 10.1. The monoisotopic (exact) mass is 346 g/mol. The van der Waals surface area contributed by atoms with Crippen molar-refractivity contribution < 1.29 is 5.11 Å². The Labute approximate surface area is 143 Å². The Hall–Kier alpha value is -2.02. The minimum absolute atomic E-state index is 0.332. The number of aromatic nitrogens is 3. The lowest BCUT2D eigenvalue weighted by molar-refractivity contribution is 0.191. The third-order valence-corrected chi connectivity index (χ3v) is 4.63. The third-order valence-electron chi connectivity index (χ3n) is 3.35. The Bertz CT molecular complexity index is 795. The van der Waals surface area contributed by atoms with Crippen molar-refractivity contribution in [3.63, 3.8) is 0 Å². The topological polar surface area (TPSA) is 70.9 Å². The number of hydrogen-bond acceptors (Lipinski definition) is 6. The highest BCUT2D eigenvalue weighted by Gasteiger charge is 2.10. The average Bonchev–Trinajstić information content (AvgIpc) is 3.10. The van der Waals surface area contributed by atoms with Crippen LogP contribution in [0.15, 0.2) is 42.2 Å². The van der Waals surface area contributed by atoms with Crippen LogP contribution in [-0.2, 0) is 0 Å². The van der Waals surface area contributed by atoms with Gasteiger partial charge in [-0.3, -0.25) is 0 Å². The lowest BCUT2D eigenvalue weighted by Crippen LogP contribution is -2.12. The van der Waals surface area contributed by atoms with Gasteiger partial charge < -0.3 is 10.4 Å².